The highest BCUT2D eigenvalue weighted by Crippen LogP contribution is 2.31. The topological polar surface area (TPSA) is 42.0 Å². The number of nitrogens with one attached hydrogen (secondary N) is 1. The molecule has 1 aliphatic rings. The molecule has 4 rings (SSSR count). The van der Waals surface area contributed by atoms with Gasteiger partial charge in [0.05, 0.1) is 11.6 Å². The average molecular weight is 288 g/mol. The van der Waals surface area contributed by atoms with E-state index in [-0.39, 0.29) is 11.9 Å². The van der Waals surface area contributed by atoms with Gasteiger partial charge in [-0.15, -0.1) is 0 Å². The van der Waals surface area contributed by atoms with Crippen molar-refractivity contribution < 1.29 is 4.79 Å². The molecule has 1 amide bonds. The summed E-state index contributed by atoms with van der Waals surface area (Å²) < 4.78 is 0. The van der Waals surface area contributed by atoms with Crippen LogP contribution in [0.5, 0.6) is 0 Å². The van der Waals surface area contributed by atoms with Crippen molar-refractivity contribution in [3.05, 3.63) is 77.5 Å². The summed E-state index contributed by atoms with van der Waals surface area (Å²) >= 11 is 0. The van der Waals surface area contributed by atoms with Crippen LogP contribution in [0.4, 0.5) is 0 Å². The van der Waals surface area contributed by atoms with Crippen molar-refractivity contribution in [2.24, 2.45) is 0 Å². The highest BCUT2D eigenvalue weighted by atomic mass is 16.1. The number of nitrogens with zero attached hydrogens (tertiary/aromatic N) is 1. The standard InChI is InChI=1S/C19H16N2O/c22-19(15-8-9-17-14(12-15)5-3-11-20-17)21-18-10-7-13-4-1-2-6-16(13)18/h1-6,8-9,11-12,18H,7,10H2,(H,21,22). The molecule has 1 unspecified atom stereocenters. The molecule has 0 saturated carbocycles. The minimum absolute atomic E-state index is 0.0209. The van der Waals surface area contributed by atoms with E-state index in [0.717, 1.165) is 23.7 Å². The number of benzene rings is 2. The van der Waals surface area contributed by atoms with Crippen LogP contribution >= 0.6 is 0 Å². The Bertz CT molecular complexity index is 857. The molecule has 3 nitrogen and oxygen atoms in total. The van der Waals surface area contributed by atoms with Crippen molar-refractivity contribution in [1.82, 2.24) is 10.3 Å². The molecular formula is C19H16N2O. The summed E-state index contributed by atoms with van der Waals surface area (Å²) in [4.78, 5) is 16.8. The second-order valence-electron chi connectivity index (χ2n) is 5.67. The minimum Gasteiger partial charge on any atom is -0.345 e. The third-order valence-corrected chi connectivity index (χ3v) is 4.30. The minimum atomic E-state index is -0.0209. The van der Waals surface area contributed by atoms with Gasteiger partial charge in [0.15, 0.2) is 0 Å². The molecule has 0 saturated heterocycles. The average Bonchev–Trinajstić information content (AvgIpc) is 2.97. The Balaban J connectivity index is 1.59. The zero-order valence-corrected chi connectivity index (χ0v) is 12.1. The Morgan fingerprint density at radius 1 is 1.09 bits per heavy atom. The van der Waals surface area contributed by atoms with Crippen LogP contribution in [0.25, 0.3) is 10.9 Å². The van der Waals surface area contributed by atoms with Crippen LogP contribution in [0.15, 0.2) is 60.8 Å². The van der Waals surface area contributed by atoms with Crippen LogP contribution in [-0.4, -0.2) is 10.9 Å². The maximum Gasteiger partial charge on any atom is 0.251 e. The van der Waals surface area contributed by atoms with Crippen molar-refractivity contribution in [2.75, 3.05) is 0 Å². The van der Waals surface area contributed by atoms with E-state index in [4.69, 9.17) is 0 Å². The summed E-state index contributed by atoms with van der Waals surface area (Å²) in [5, 5.41) is 4.14. The molecule has 0 aliphatic heterocycles. The number of carbonyl (C=O) groups excluding carboxylic acids is 1. The number of pyridine rings is 1. The second-order valence-corrected chi connectivity index (χ2v) is 5.67. The van der Waals surface area contributed by atoms with E-state index in [1.165, 1.54) is 11.1 Å². The van der Waals surface area contributed by atoms with Crippen LogP contribution in [0, 0.1) is 0 Å². The zero-order valence-electron chi connectivity index (χ0n) is 12.1. The summed E-state index contributed by atoms with van der Waals surface area (Å²) in [7, 11) is 0. The molecule has 0 radical (unpaired) electrons. The normalized spacial score (nSPS) is 16.5. The van der Waals surface area contributed by atoms with Gasteiger partial charge in [-0.1, -0.05) is 30.3 Å². The van der Waals surface area contributed by atoms with E-state index in [1.807, 2.05) is 36.4 Å². The second kappa shape index (κ2) is 5.26. The Kier molecular flexibility index (Phi) is 3.11. The number of amides is 1. The van der Waals surface area contributed by atoms with Crippen LogP contribution in [0.1, 0.15) is 33.9 Å². The van der Waals surface area contributed by atoms with Crippen LogP contribution in [0.3, 0.4) is 0 Å². The fourth-order valence-electron chi connectivity index (χ4n) is 3.17. The molecule has 1 atom stereocenters. The molecule has 0 fully saturated rings. The molecule has 0 spiro atoms. The van der Waals surface area contributed by atoms with E-state index >= 15 is 0 Å². The smallest absolute Gasteiger partial charge is 0.251 e. The molecule has 22 heavy (non-hydrogen) atoms. The molecule has 3 heteroatoms. The van der Waals surface area contributed by atoms with Crippen LogP contribution in [-0.2, 0) is 6.42 Å². The lowest BCUT2D eigenvalue weighted by Gasteiger charge is -2.14. The van der Waals surface area contributed by atoms with Gasteiger partial charge in [-0.3, -0.25) is 9.78 Å². The molecule has 1 N–H and O–H groups in total. The van der Waals surface area contributed by atoms with Gasteiger partial charge in [-0.25, -0.2) is 0 Å². The molecule has 1 aromatic heterocycles. The summed E-state index contributed by atoms with van der Waals surface area (Å²) in [6, 6.07) is 18.0. The van der Waals surface area contributed by atoms with Gasteiger partial charge < -0.3 is 5.32 Å². The Labute approximate surface area is 129 Å². The van der Waals surface area contributed by atoms with Crippen molar-refractivity contribution in [3.63, 3.8) is 0 Å². The van der Waals surface area contributed by atoms with E-state index in [0.29, 0.717) is 5.56 Å². The molecule has 108 valence electrons. The molecule has 2 aromatic carbocycles. The van der Waals surface area contributed by atoms with E-state index in [9.17, 15) is 4.79 Å². The first kappa shape index (κ1) is 13.0. The first-order chi connectivity index (χ1) is 10.8. The van der Waals surface area contributed by atoms with E-state index < -0.39 is 0 Å². The summed E-state index contributed by atoms with van der Waals surface area (Å²) in [5.41, 5.74) is 4.18. The fourth-order valence-corrected chi connectivity index (χ4v) is 3.17. The number of rotatable bonds is 2. The number of hydrogen-bond donors (Lipinski definition) is 1. The molecule has 1 aliphatic carbocycles. The van der Waals surface area contributed by atoms with E-state index in [2.05, 4.69) is 28.5 Å². The summed E-state index contributed by atoms with van der Waals surface area (Å²) in [6.07, 6.45) is 3.76. The van der Waals surface area contributed by atoms with Crippen molar-refractivity contribution in [3.8, 4) is 0 Å². The van der Waals surface area contributed by atoms with Gasteiger partial charge in [0.25, 0.3) is 5.91 Å². The lowest BCUT2D eigenvalue weighted by Crippen LogP contribution is -2.27. The summed E-state index contributed by atoms with van der Waals surface area (Å²) in [6.45, 7) is 0. The lowest BCUT2D eigenvalue weighted by atomic mass is 10.1. The van der Waals surface area contributed by atoms with Crippen LogP contribution < -0.4 is 5.32 Å². The van der Waals surface area contributed by atoms with Gasteiger partial charge in [0.2, 0.25) is 0 Å². The Hall–Kier alpha value is -2.68. The van der Waals surface area contributed by atoms with Gasteiger partial charge in [-0.05, 0) is 48.2 Å². The maximum atomic E-state index is 12.5. The van der Waals surface area contributed by atoms with E-state index in [1.54, 1.807) is 6.20 Å². The lowest BCUT2D eigenvalue weighted by molar-refractivity contribution is 0.0937. The van der Waals surface area contributed by atoms with Gasteiger partial charge in [-0.2, -0.15) is 0 Å². The van der Waals surface area contributed by atoms with Crippen molar-refractivity contribution in [1.29, 1.82) is 0 Å². The molecule has 3 aromatic rings. The highest BCUT2D eigenvalue weighted by molar-refractivity contribution is 5.98. The predicted molar refractivity (Wildman–Crippen MR) is 86.7 cm³/mol. The number of fused-ring (bicyclic) bond motifs is 2. The first-order valence-corrected chi connectivity index (χ1v) is 7.55. The maximum absolute atomic E-state index is 12.5. The molecule has 0 bridgehead atoms. The quantitative estimate of drug-likeness (QED) is 0.782. The van der Waals surface area contributed by atoms with Gasteiger partial charge in [0, 0.05) is 17.1 Å². The van der Waals surface area contributed by atoms with Crippen molar-refractivity contribution in [2.45, 2.75) is 18.9 Å². The Morgan fingerprint density at radius 2 is 2.00 bits per heavy atom. The van der Waals surface area contributed by atoms with Crippen LogP contribution in [0.2, 0.25) is 0 Å². The van der Waals surface area contributed by atoms with Gasteiger partial charge in [0.1, 0.15) is 0 Å². The molecule has 1 heterocycles. The largest absolute Gasteiger partial charge is 0.345 e. The van der Waals surface area contributed by atoms with Crippen molar-refractivity contribution >= 4 is 16.8 Å². The predicted octanol–water partition coefficient (Wildman–Crippen LogP) is 3.65. The number of aromatic nitrogens is 1. The molecular weight excluding hydrogens is 272 g/mol. The SMILES string of the molecule is O=C(NC1CCc2ccccc21)c1ccc2ncccc2c1. The highest BCUT2D eigenvalue weighted by Gasteiger charge is 2.23. The number of carbonyl (C=O) groups is 1. The fraction of sp³-hybridized carbons (Fsp3) is 0.158. The Morgan fingerprint density at radius 3 is 2.95 bits per heavy atom. The monoisotopic (exact) mass is 288 g/mol. The third-order valence-electron chi connectivity index (χ3n) is 4.30. The number of aryl methyl sites for hydroxylation is 1. The van der Waals surface area contributed by atoms with Gasteiger partial charge >= 0.3 is 0 Å². The third kappa shape index (κ3) is 2.25. The first-order valence-electron chi connectivity index (χ1n) is 7.55. The number of hydrogen-bond acceptors (Lipinski definition) is 2. The summed E-state index contributed by atoms with van der Waals surface area (Å²) in [5.74, 6) is -0.0209. The zero-order chi connectivity index (χ0) is 14.9.